The highest BCUT2D eigenvalue weighted by molar-refractivity contribution is 5.91. The van der Waals surface area contributed by atoms with Crippen molar-refractivity contribution in [2.75, 3.05) is 65.4 Å². The molecule has 0 aliphatic rings. The molecule has 13 nitrogen and oxygen atoms in total. The molecule has 0 saturated carbocycles. The van der Waals surface area contributed by atoms with Gasteiger partial charge in [0.05, 0.1) is 31.7 Å². The molecule has 2 aromatic carbocycles. The molecule has 2 atom stereocenters. The van der Waals surface area contributed by atoms with Crippen LogP contribution in [-0.2, 0) is 24.0 Å². The van der Waals surface area contributed by atoms with Crippen molar-refractivity contribution in [2.24, 2.45) is 17.2 Å². The summed E-state index contributed by atoms with van der Waals surface area (Å²) in [5, 5.41) is 3.30. The van der Waals surface area contributed by atoms with E-state index in [0.717, 1.165) is 30.5 Å². The fourth-order valence-corrected chi connectivity index (χ4v) is 7.33. The van der Waals surface area contributed by atoms with Gasteiger partial charge in [-0.15, -0.1) is 0 Å². The van der Waals surface area contributed by atoms with Crippen molar-refractivity contribution < 1.29 is 24.0 Å². The predicted molar refractivity (Wildman–Crippen MR) is 241 cm³/mol. The topological polar surface area (TPSA) is 188 Å². The normalized spacial score (nSPS) is 12.1. The molecule has 0 spiro atoms. The summed E-state index contributed by atoms with van der Waals surface area (Å²) in [5.74, 6) is -2.12. The third-order valence-corrected chi connectivity index (χ3v) is 11.1. The van der Waals surface area contributed by atoms with Gasteiger partial charge in [0.1, 0.15) is 13.1 Å². The van der Waals surface area contributed by atoms with Gasteiger partial charge in [-0.25, -0.2) is 0 Å². The number of rotatable bonds is 34. The summed E-state index contributed by atoms with van der Waals surface area (Å²) in [7, 11) is 0. The molecule has 0 heterocycles. The van der Waals surface area contributed by atoms with E-state index in [1.54, 1.807) is 4.90 Å². The first kappa shape index (κ1) is 51.8. The molecule has 60 heavy (non-hydrogen) atoms. The van der Waals surface area contributed by atoms with Crippen LogP contribution in [0.4, 0.5) is 0 Å². The molecule has 2 rings (SSSR count). The fraction of sp³-hybridized carbons (Fsp3) is 0.638. The summed E-state index contributed by atoms with van der Waals surface area (Å²) in [6, 6.07) is 17.7. The van der Waals surface area contributed by atoms with Crippen LogP contribution in [0.25, 0.3) is 0 Å². The first-order chi connectivity index (χ1) is 29.0. The summed E-state index contributed by atoms with van der Waals surface area (Å²) >= 11 is 0. The molecule has 0 bridgehead atoms. The number of carbonyl (C=O) groups is 5. The Kier molecular flexibility index (Phi) is 27.2. The van der Waals surface area contributed by atoms with Crippen LogP contribution in [0.3, 0.4) is 0 Å². The summed E-state index contributed by atoms with van der Waals surface area (Å²) in [6.07, 6.45) is 16.3. The molecular formula is C47H78N8O5. The number of primary amides is 1. The zero-order valence-electron chi connectivity index (χ0n) is 37.2. The Morgan fingerprint density at radius 3 is 1.38 bits per heavy atom. The quantitative estimate of drug-likeness (QED) is 0.0648. The minimum absolute atomic E-state index is 0.110. The highest BCUT2D eigenvalue weighted by Crippen LogP contribution is 2.24. The van der Waals surface area contributed by atoms with Crippen molar-refractivity contribution in [2.45, 2.75) is 129 Å². The largest absolute Gasteiger partial charge is 0.368 e. The fourth-order valence-electron chi connectivity index (χ4n) is 7.33. The molecule has 0 saturated heterocycles. The van der Waals surface area contributed by atoms with Gasteiger partial charge < -0.3 is 42.1 Å². The van der Waals surface area contributed by atoms with Crippen LogP contribution in [0.15, 0.2) is 60.7 Å². The first-order valence-corrected chi connectivity index (χ1v) is 22.7. The minimum atomic E-state index is -0.659. The number of hydrogen-bond donors (Lipinski definition) is 4. The highest BCUT2D eigenvalue weighted by atomic mass is 16.2. The Bertz CT molecular complexity index is 1500. The maximum Gasteiger partial charge on any atom is 0.243 e. The van der Waals surface area contributed by atoms with Crippen molar-refractivity contribution in [1.82, 2.24) is 24.9 Å². The average molecular weight is 835 g/mol. The zero-order valence-corrected chi connectivity index (χ0v) is 37.2. The molecule has 13 heteroatoms. The van der Waals surface area contributed by atoms with E-state index in [9.17, 15) is 24.0 Å². The van der Waals surface area contributed by atoms with Gasteiger partial charge in [0.2, 0.25) is 29.5 Å². The van der Waals surface area contributed by atoms with Crippen molar-refractivity contribution in [3.63, 3.8) is 0 Å². The lowest BCUT2D eigenvalue weighted by atomic mass is 10.1. The Hall–Kier alpha value is -4.33. The molecule has 7 N–H and O–H groups in total. The van der Waals surface area contributed by atoms with Crippen LogP contribution in [0.2, 0.25) is 0 Å². The molecule has 336 valence electrons. The monoisotopic (exact) mass is 835 g/mol. The van der Waals surface area contributed by atoms with Crippen LogP contribution < -0.4 is 22.5 Å². The summed E-state index contributed by atoms with van der Waals surface area (Å²) < 4.78 is 0. The first-order valence-electron chi connectivity index (χ1n) is 22.7. The predicted octanol–water partition coefficient (Wildman–Crippen LogP) is 5.69. The van der Waals surface area contributed by atoms with Gasteiger partial charge in [0.25, 0.3) is 0 Å². The van der Waals surface area contributed by atoms with E-state index in [1.165, 1.54) is 72.5 Å². The molecular weight excluding hydrogens is 757 g/mol. The van der Waals surface area contributed by atoms with E-state index < -0.39 is 29.8 Å². The molecule has 0 aliphatic heterocycles. The number of benzene rings is 2. The molecule has 0 radical (unpaired) electrons. The standard InChI is InChI=1S/C47H78N8O5/c1-4-5-6-7-8-9-10-11-12-13-22-31-51-34-44(57)53(33-24-21-30-49)36-46(59)55(40(3)42-27-18-15-19-28-42)38-47(60)54(39(2)41-25-16-14-17-26-41)37-45(58)52(35-43(50)56)32-23-20-29-48/h14-19,25-28,39-40,51H,4-13,20-24,29-38,48-49H2,1-3H3,(H2,50,56)/t39-,40-/m1/s1. The van der Waals surface area contributed by atoms with E-state index in [1.807, 2.05) is 74.5 Å². The highest BCUT2D eigenvalue weighted by Gasteiger charge is 2.32. The van der Waals surface area contributed by atoms with Gasteiger partial charge >= 0.3 is 0 Å². The number of amides is 5. The Morgan fingerprint density at radius 1 is 0.517 bits per heavy atom. The molecule has 0 aliphatic carbocycles. The second-order valence-electron chi connectivity index (χ2n) is 16.0. The van der Waals surface area contributed by atoms with Gasteiger partial charge in [0.15, 0.2) is 0 Å². The zero-order chi connectivity index (χ0) is 44.0. The van der Waals surface area contributed by atoms with E-state index >= 15 is 0 Å². The lowest BCUT2D eigenvalue weighted by Gasteiger charge is -2.36. The van der Waals surface area contributed by atoms with E-state index in [0.29, 0.717) is 45.3 Å². The van der Waals surface area contributed by atoms with Gasteiger partial charge in [-0.2, -0.15) is 0 Å². The number of unbranched alkanes of at least 4 members (excludes halogenated alkanes) is 12. The maximum absolute atomic E-state index is 14.6. The number of nitrogens with two attached hydrogens (primary N) is 3. The van der Waals surface area contributed by atoms with Crippen LogP contribution in [0.1, 0.15) is 140 Å². The number of nitrogens with one attached hydrogen (secondary N) is 1. The molecule has 0 unspecified atom stereocenters. The van der Waals surface area contributed by atoms with E-state index in [2.05, 4.69) is 12.2 Å². The summed E-state index contributed by atoms with van der Waals surface area (Å²) in [5.41, 5.74) is 18.6. The van der Waals surface area contributed by atoms with Crippen molar-refractivity contribution in [1.29, 1.82) is 0 Å². The molecule has 0 aromatic heterocycles. The second kappa shape index (κ2) is 31.5. The number of hydrogen-bond acceptors (Lipinski definition) is 8. The van der Waals surface area contributed by atoms with Crippen LogP contribution in [0, 0.1) is 0 Å². The Labute approximate surface area is 361 Å². The smallest absolute Gasteiger partial charge is 0.243 e. The van der Waals surface area contributed by atoms with Crippen LogP contribution >= 0.6 is 0 Å². The molecule has 2 aromatic rings. The van der Waals surface area contributed by atoms with Crippen molar-refractivity contribution in [3.8, 4) is 0 Å². The average Bonchev–Trinajstić information content (AvgIpc) is 3.25. The molecule has 5 amide bonds. The van der Waals surface area contributed by atoms with E-state index in [-0.39, 0.29) is 51.1 Å². The van der Waals surface area contributed by atoms with Crippen LogP contribution in [0.5, 0.6) is 0 Å². The minimum Gasteiger partial charge on any atom is -0.368 e. The van der Waals surface area contributed by atoms with Crippen LogP contribution in [-0.4, -0.2) is 115 Å². The third kappa shape index (κ3) is 20.8. The van der Waals surface area contributed by atoms with Gasteiger partial charge in [-0.3, -0.25) is 24.0 Å². The summed E-state index contributed by atoms with van der Waals surface area (Å²) in [6.45, 7) is 7.11. The van der Waals surface area contributed by atoms with Gasteiger partial charge in [-0.05, 0) is 76.7 Å². The SMILES string of the molecule is CCCCCCCCCCCCCNCC(=O)N(CCCCN)CC(=O)N(CC(=O)N(CC(=O)N(CCCCN)CC(N)=O)[C@H](C)c1ccccc1)[C@H](C)c1ccccc1. The molecule has 0 fully saturated rings. The number of nitrogens with zero attached hydrogens (tertiary/aromatic N) is 4. The van der Waals surface area contributed by atoms with Gasteiger partial charge in [-0.1, -0.05) is 132 Å². The maximum atomic E-state index is 14.6. The number of carbonyl (C=O) groups excluding carboxylic acids is 5. The Balaban J connectivity index is 2.24. The van der Waals surface area contributed by atoms with E-state index in [4.69, 9.17) is 17.2 Å². The third-order valence-electron chi connectivity index (χ3n) is 11.1. The van der Waals surface area contributed by atoms with Crippen molar-refractivity contribution >= 4 is 29.5 Å². The lowest BCUT2D eigenvalue weighted by molar-refractivity contribution is -0.149. The Morgan fingerprint density at radius 2 is 0.933 bits per heavy atom. The summed E-state index contributed by atoms with van der Waals surface area (Å²) in [4.78, 5) is 74.4. The lowest BCUT2D eigenvalue weighted by Crippen LogP contribution is -2.52. The second-order valence-corrected chi connectivity index (χ2v) is 16.0. The van der Waals surface area contributed by atoms with Crippen molar-refractivity contribution in [3.05, 3.63) is 71.8 Å². The van der Waals surface area contributed by atoms with Gasteiger partial charge in [0, 0.05) is 13.1 Å².